The minimum absolute atomic E-state index is 0.236. The van der Waals surface area contributed by atoms with Gasteiger partial charge in [-0.2, -0.15) is 5.10 Å². The van der Waals surface area contributed by atoms with Crippen LogP contribution in [0.1, 0.15) is 5.76 Å². The molecule has 0 saturated carbocycles. The SMILES string of the molecule is O=[N+]([O-])c1ccc(C=Nn2c(-c3ccco3)csc2=Nc2ccccc2Cl)o1. The van der Waals surface area contributed by atoms with Crippen LogP contribution in [0.3, 0.4) is 0 Å². The molecule has 3 aromatic heterocycles. The van der Waals surface area contributed by atoms with E-state index in [2.05, 4.69) is 10.1 Å². The van der Waals surface area contributed by atoms with E-state index >= 15 is 0 Å². The number of furan rings is 2. The van der Waals surface area contributed by atoms with E-state index < -0.39 is 4.92 Å². The molecule has 3 heterocycles. The Balaban J connectivity index is 1.81. The van der Waals surface area contributed by atoms with E-state index in [-0.39, 0.29) is 11.6 Å². The van der Waals surface area contributed by atoms with Gasteiger partial charge in [0.25, 0.3) is 0 Å². The molecular weight excluding hydrogens is 404 g/mol. The highest BCUT2D eigenvalue weighted by molar-refractivity contribution is 7.07. The molecule has 0 amide bonds. The van der Waals surface area contributed by atoms with Crippen molar-refractivity contribution in [2.24, 2.45) is 10.1 Å². The third-order valence-corrected chi connectivity index (χ3v) is 4.76. The second-order valence-corrected chi connectivity index (χ2v) is 6.68. The van der Waals surface area contributed by atoms with Crippen molar-refractivity contribution in [3.8, 4) is 11.5 Å². The van der Waals surface area contributed by atoms with Crippen molar-refractivity contribution < 1.29 is 13.8 Å². The Labute approximate surface area is 166 Å². The summed E-state index contributed by atoms with van der Waals surface area (Å²) in [7, 11) is 0. The summed E-state index contributed by atoms with van der Waals surface area (Å²) < 4.78 is 12.1. The highest BCUT2D eigenvalue weighted by Crippen LogP contribution is 2.25. The summed E-state index contributed by atoms with van der Waals surface area (Å²) in [4.78, 5) is 15.3. The number of hydrogen-bond acceptors (Lipinski definition) is 7. The van der Waals surface area contributed by atoms with Crippen molar-refractivity contribution in [2.75, 3.05) is 0 Å². The molecule has 0 atom stereocenters. The topological polar surface area (TPSA) is 99.1 Å². The van der Waals surface area contributed by atoms with E-state index in [0.717, 1.165) is 0 Å². The molecule has 0 aliphatic carbocycles. The van der Waals surface area contributed by atoms with Crippen molar-refractivity contribution in [3.63, 3.8) is 0 Å². The molecule has 28 heavy (non-hydrogen) atoms. The highest BCUT2D eigenvalue weighted by atomic mass is 35.5. The normalized spacial score (nSPS) is 12.1. The van der Waals surface area contributed by atoms with Crippen LogP contribution in [-0.4, -0.2) is 15.8 Å². The lowest BCUT2D eigenvalue weighted by Crippen LogP contribution is -2.11. The van der Waals surface area contributed by atoms with E-state index in [1.165, 1.54) is 29.7 Å². The summed E-state index contributed by atoms with van der Waals surface area (Å²) >= 11 is 7.55. The molecule has 0 aliphatic rings. The second-order valence-electron chi connectivity index (χ2n) is 5.43. The number of rotatable bonds is 5. The average Bonchev–Trinajstić information content (AvgIpc) is 3.42. The number of nitrogens with zero attached hydrogens (tertiary/aromatic N) is 4. The fourth-order valence-electron chi connectivity index (χ4n) is 2.35. The number of benzene rings is 1. The van der Waals surface area contributed by atoms with Gasteiger partial charge in [-0.15, -0.1) is 11.3 Å². The molecule has 0 bridgehead atoms. The lowest BCUT2D eigenvalue weighted by Gasteiger charge is -2.00. The number of nitro groups is 1. The Bertz CT molecular complexity index is 1220. The van der Waals surface area contributed by atoms with Gasteiger partial charge in [0, 0.05) is 5.38 Å². The maximum atomic E-state index is 10.8. The number of para-hydroxylation sites is 1. The van der Waals surface area contributed by atoms with Crippen molar-refractivity contribution in [3.05, 3.63) is 85.9 Å². The zero-order valence-electron chi connectivity index (χ0n) is 14.1. The van der Waals surface area contributed by atoms with Crippen molar-refractivity contribution >= 4 is 40.7 Å². The minimum Gasteiger partial charge on any atom is -0.463 e. The van der Waals surface area contributed by atoms with Gasteiger partial charge >= 0.3 is 5.88 Å². The molecule has 0 saturated heterocycles. The molecule has 0 radical (unpaired) electrons. The third kappa shape index (κ3) is 3.66. The number of hydrogen-bond donors (Lipinski definition) is 0. The predicted molar refractivity (Wildman–Crippen MR) is 105 cm³/mol. The van der Waals surface area contributed by atoms with Crippen LogP contribution in [0.25, 0.3) is 11.5 Å². The standard InChI is InChI=1S/C18H11ClN4O4S/c19-13-4-1-2-5-14(13)21-18-22(15(11-28-18)16-6-3-9-26-16)20-10-12-7-8-17(27-12)23(24)25/h1-11H. The number of aromatic nitrogens is 1. The molecule has 140 valence electrons. The Morgan fingerprint density at radius 3 is 2.75 bits per heavy atom. The maximum absolute atomic E-state index is 10.8. The Kier molecular flexibility index (Phi) is 4.92. The summed E-state index contributed by atoms with van der Waals surface area (Å²) in [6, 6.07) is 13.5. The van der Waals surface area contributed by atoms with Gasteiger partial charge in [0.15, 0.2) is 11.5 Å². The molecule has 4 rings (SSSR count). The van der Waals surface area contributed by atoms with E-state index in [9.17, 15) is 10.1 Å². The zero-order chi connectivity index (χ0) is 19.5. The largest absolute Gasteiger partial charge is 0.463 e. The van der Waals surface area contributed by atoms with E-state index in [4.69, 9.17) is 20.4 Å². The first-order valence-corrected chi connectivity index (χ1v) is 9.20. The molecule has 0 aliphatic heterocycles. The van der Waals surface area contributed by atoms with Crippen LogP contribution in [-0.2, 0) is 0 Å². The zero-order valence-corrected chi connectivity index (χ0v) is 15.6. The quantitative estimate of drug-likeness (QED) is 0.258. The van der Waals surface area contributed by atoms with Gasteiger partial charge in [-0.3, -0.25) is 10.1 Å². The van der Waals surface area contributed by atoms with Crippen molar-refractivity contribution in [2.45, 2.75) is 0 Å². The Hall–Kier alpha value is -3.43. The lowest BCUT2D eigenvalue weighted by atomic mass is 10.3. The molecule has 8 nitrogen and oxygen atoms in total. The molecular formula is C18H11ClN4O4S. The van der Waals surface area contributed by atoms with Gasteiger partial charge in [0.05, 0.1) is 29.3 Å². The van der Waals surface area contributed by atoms with Crippen molar-refractivity contribution in [1.82, 2.24) is 4.68 Å². The Morgan fingerprint density at radius 2 is 2.04 bits per heavy atom. The number of thiazole rings is 1. The van der Waals surface area contributed by atoms with Gasteiger partial charge in [0.1, 0.15) is 10.6 Å². The van der Waals surface area contributed by atoms with Crippen LogP contribution in [0.5, 0.6) is 0 Å². The third-order valence-electron chi connectivity index (χ3n) is 3.62. The first-order valence-electron chi connectivity index (χ1n) is 7.94. The lowest BCUT2D eigenvalue weighted by molar-refractivity contribution is -0.402. The van der Waals surface area contributed by atoms with Gasteiger partial charge in [0.2, 0.25) is 4.80 Å². The maximum Gasteiger partial charge on any atom is 0.433 e. The van der Waals surface area contributed by atoms with E-state index in [0.29, 0.717) is 27.0 Å². The fraction of sp³-hybridized carbons (Fsp3) is 0. The van der Waals surface area contributed by atoms with Crippen LogP contribution in [0.15, 0.2) is 79.1 Å². The van der Waals surface area contributed by atoms with Gasteiger partial charge in [-0.05, 0) is 30.3 Å². The van der Waals surface area contributed by atoms with Gasteiger partial charge in [-0.1, -0.05) is 23.7 Å². The van der Waals surface area contributed by atoms with Crippen LogP contribution in [0, 0.1) is 10.1 Å². The van der Waals surface area contributed by atoms with Crippen LogP contribution >= 0.6 is 22.9 Å². The van der Waals surface area contributed by atoms with Crippen LogP contribution < -0.4 is 4.80 Å². The average molecular weight is 415 g/mol. The minimum atomic E-state index is -0.610. The first-order chi connectivity index (χ1) is 13.6. The smallest absolute Gasteiger partial charge is 0.433 e. The van der Waals surface area contributed by atoms with Gasteiger partial charge < -0.3 is 8.83 Å². The van der Waals surface area contributed by atoms with Gasteiger partial charge in [-0.25, -0.2) is 9.67 Å². The predicted octanol–water partition coefficient (Wildman–Crippen LogP) is 5.08. The summed E-state index contributed by atoms with van der Waals surface area (Å²) in [6.45, 7) is 0. The number of halogens is 1. The van der Waals surface area contributed by atoms with E-state index in [1.54, 1.807) is 35.2 Å². The van der Waals surface area contributed by atoms with Crippen molar-refractivity contribution in [1.29, 1.82) is 0 Å². The first kappa shape index (κ1) is 18.0. The van der Waals surface area contributed by atoms with Crippen LogP contribution in [0.2, 0.25) is 5.02 Å². The molecule has 0 spiro atoms. The van der Waals surface area contributed by atoms with Crippen LogP contribution in [0.4, 0.5) is 11.6 Å². The summed E-state index contributed by atoms with van der Waals surface area (Å²) in [6.07, 6.45) is 2.93. The molecule has 10 heteroatoms. The Morgan fingerprint density at radius 1 is 1.18 bits per heavy atom. The summed E-state index contributed by atoms with van der Waals surface area (Å²) in [5, 5.41) is 17.5. The fourth-order valence-corrected chi connectivity index (χ4v) is 3.36. The molecule has 0 fully saturated rings. The highest BCUT2D eigenvalue weighted by Gasteiger charge is 2.13. The molecule has 0 unspecified atom stereocenters. The molecule has 1 aromatic carbocycles. The summed E-state index contributed by atoms with van der Waals surface area (Å²) in [5.41, 5.74) is 1.26. The second kappa shape index (κ2) is 7.67. The van der Waals surface area contributed by atoms with E-state index in [1.807, 2.05) is 17.5 Å². The molecule has 4 aromatic rings. The monoisotopic (exact) mass is 414 g/mol. The molecule has 0 N–H and O–H groups in total. The summed E-state index contributed by atoms with van der Waals surface area (Å²) in [5.74, 6) is 0.475.